The second kappa shape index (κ2) is 5.57. The maximum absolute atomic E-state index is 6.01. The molecule has 2 heterocycles. The van der Waals surface area contributed by atoms with E-state index in [9.17, 15) is 0 Å². The average Bonchev–Trinajstić information content (AvgIpc) is 2.88. The van der Waals surface area contributed by atoms with Gasteiger partial charge in [0.1, 0.15) is 18.0 Å². The van der Waals surface area contributed by atoms with E-state index in [1.807, 2.05) is 45.0 Å². The Morgan fingerprint density at radius 2 is 1.86 bits per heavy atom. The maximum atomic E-state index is 6.01. The van der Waals surface area contributed by atoms with E-state index in [1.165, 1.54) is 0 Å². The Kier molecular flexibility index (Phi) is 3.92. The number of fused-ring (bicyclic) bond motifs is 1. The van der Waals surface area contributed by atoms with Crippen molar-refractivity contribution in [3.05, 3.63) is 29.8 Å². The molecule has 2 fully saturated rings. The van der Waals surface area contributed by atoms with Crippen LogP contribution in [0.1, 0.15) is 26.3 Å². The number of methoxy groups -OCH3 is 1. The van der Waals surface area contributed by atoms with Crippen LogP contribution in [0.5, 0.6) is 5.75 Å². The summed E-state index contributed by atoms with van der Waals surface area (Å²) in [4.78, 5) is 0. The van der Waals surface area contributed by atoms with E-state index < -0.39 is 5.79 Å². The molecule has 3 rings (SSSR count). The summed E-state index contributed by atoms with van der Waals surface area (Å²) in [7, 11) is 1.66. The third-order valence-corrected chi connectivity index (χ3v) is 3.82. The zero-order valence-electron chi connectivity index (χ0n) is 12.9. The van der Waals surface area contributed by atoms with Crippen molar-refractivity contribution in [3.63, 3.8) is 0 Å². The van der Waals surface area contributed by atoms with Gasteiger partial charge < -0.3 is 23.7 Å². The topological polar surface area (TPSA) is 46.2 Å². The predicted molar refractivity (Wildman–Crippen MR) is 75.9 cm³/mol. The fourth-order valence-corrected chi connectivity index (χ4v) is 2.79. The van der Waals surface area contributed by atoms with Gasteiger partial charge in [-0.25, -0.2) is 0 Å². The summed E-state index contributed by atoms with van der Waals surface area (Å²) < 4.78 is 28.5. The molecule has 0 aliphatic carbocycles. The second-order valence-electron chi connectivity index (χ2n) is 5.93. The normalized spacial score (nSPS) is 33.9. The largest absolute Gasteiger partial charge is 0.497 e. The number of ether oxygens (including phenoxy) is 5. The van der Waals surface area contributed by atoms with Crippen molar-refractivity contribution >= 4 is 0 Å². The lowest BCUT2D eigenvalue weighted by atomic mass is 10.1. The fraction of sp³-hybridized carbons (Fsp3) is 0.625. The van der Waals surface area contributed by atoms with E-state index in [0.717, 1.165) is 11.3 Å². The summed E-state index contributed by atoms with van der Waals surface area (Å²) in [5.41, 5.74) is 1.09. The first-order chi connectivity index (χ1) is 9.98. The van der Waals surface area contributed by atoms with Gasteiger partial charge in [-0.3, -0.25) is 0 Å². The first kappa shape index (κ1) is 14.8. The summed E-state index contributed by atoms with van der Waals surface area (Å²) in [5.74, 6) is 0.225. The SMILES string of the molecule is COc1ccc(COC2C(C)OC3OC(C)(C)OC32)cc1. The van der Waals surface area contributed by atoms with Crippen LogP contribution in [0.25, 0.3) is 0 Å². The van der Waals surface area contributed by atoms with Gasteiger partial charge in [-0.15, -0.1) is 0 Å². The van der Waals surface area contributed by atoms with Gasteiger partial charge >= 0.3 is 0 Å². The first-order valence-electron chi connectivity index (χ1n) is 7.24. The van der Waals surface area contributed by atoms with Crippen molar-refractivity contribution in [1.29, 1.82) is 0 Å². The molecule has 0 amide bonds. The van der Waals surface area contributed by atoms with Gasteiger partial charge in [0.05, 0.1) is 19.8 Å². The van der Waals surface area contributed by atoms with Gasteiger partial charge in [-0.05, 0) is 38.5 Å². The number of rotatable bonds is 4. The van der Waals surface area contributed by atoms with Crippen molar-refractivity contribution in [2.24, 2.45) is 0 Å². The minimum Gasteiger partial charge on any atom is -0.497 e. The molecule has 0 aromatic heterocycles. The van der Waals surface area contributed by atoms with Gasteiger partial charge in [-0.2, -0.15) is 0 Å². The average molecular weight is 294 g/mol. The van der Waals surface area contributed by atoms with Crippen LogP contribution in [0.4, 0.5) is 0 Å². The molecule has 2 aliphatic rings. The van der Waals surface area contributed by atoms with Crippen molar-refractivity contribution in [1.82, 2.24) is 0 Å². The molecule has 1 aromatic carbocycles. The summed E-state index contributed by atoms with van der Waals surface area (Å²) in [6, 6.07) is 7.84. The molecule has 0 spiro atoms. The minimum absolute atomic E-state index is 0.0469. The van der Waals surface area contributed by atoms with Crippen LogP contribution in [0, 0.1) is 0 Å². The van der Waals surface area contributed by atoms with Gasteiger partial charge in [-0.1, -0.05) is 12.1 Å². The molecule has 116 valence electrons. The number of hydrogen-bond donors (Lipinski definition) is 0. The third-order valence-electron chi connectivity index (χ3n) is 3.82. The second-order valence-corrected chi connectivity index (χ2v) is 5.93. The molecular weight excluding hydrogens is 272 g/mol. The van der Waals surface area contributed by atoms with Crippen LogP contribution < -0.4 is 4.74 Å². The first-order valence-corrected chi connectivity index (χ1v) is 7.24. The third kappa shape index (κ3) is 3.06. The van der Waals surface area contributed by atoms with E-state index in [4.69, 9.17) is 23.7 Å². The monoisotopic (exact) mass is 294 g/mol. The van der Waals surface area contributed by atoms with Gasteiger partial charge in [0.2, 0.25) is 0 Å². The highest BCUT2D eigenvalue weighted by atomic mass is 16.8. The number of benzene rings is 1. The highest BCUT2D eigenvalue weighted by molar-refractivity contribution is 5.26. The zero-order chi connectivity index (χ0) is 15.0. The van der Waals surface area contributed by atoms with Crippen LogP contribution in [-0.2, 0) is 25.6 Å². The Labute approximate surface area is 125 Å². The van der Waals surface area contributed by atoms with Crippen molar-refractivity contribution in [3.8, 4) is 5.75 Å². The van der Waals surface area contributed by atoms with E-state index in [1.54, 1.807) is 7.11 Å². The molecule has 0 saturated carbocycles. The summed E-state index contributed by atoms with van der Waals surface area (Å²) in [6.07, 6.45) is -0.683. The molecule has 5 nitrogen and oxygen atoms in total. The van der Waals surface area contributed by atoms with Crippen LogP contribution >= 0.6 is 0 Å². The van der Waals surface area contributed by atoms with Crippen molar-refractivity contribution in [2.45, 2.75) is 57.8 Å². The molecular formula is C16H22O5. The molecule has 4 atom stereocenters. The van der Waals surface area contributed by atoms with E-state index in [0.29, 0.717) is 6.61 Å². The van der Waals surface area contributed by atoms with E-state index >= 15 is 0 Å². The standard InChI is InChI=1S/C16H22O5/c1-10-13(14-15(19-10)21-16(2,3)20-14)18-9-11-5-7-12(17-4)8-6-11/h5-8,10,13-15H,9H2,1-4H3. The Morgan fingerprint density at radius 1 is 1.14 bits per heavy atom. The Balaban J connectivity index is 1.61. The predicted octanol–water partition coefficient (Wildman–Crippen LogP) is 2.48. The molecule has 2 saturated heterocycles. The summed E-state index contributed by atoms with van der Waals surface area (Å²) in [6.45, 7) is 6.27. The number of hydrogen-bond acceptors (Lipinski definition) is 5. The van der Waals surface area contributed by atoms with Crippen molar-refractivity contribution < 1.29 is 23.7 Å². The molecule has 5 heteroatoms. The highest BCUT2D eigenvalue weighted by Gasteiger charge is 2.54. The van der Waals surface area contributed by atoms with Crippen molar-refractivity contribution in [2.75, 3.05) is 7.11 Å². The van der Waals surface area contributed by atoms with Crippen LogP contribution in [0.3, 0.4) is 0 Å². The molecule has 21 heavy (non-hydrogen) atoms. The van der Waals surface area contributed by atoms with Crippen LogP contribution in [-0.4, -0.2) is 37.5 Å². The molecule has 0 N–H and O–H groups in total. The van der Waals surface area contributed by atoms with Crippen LogP contribution in [0.15, 0.2) is 24.3 Å². The molecule has 1 aromatic rings. The summed E-state index contributed by atoms with van der Waals surface area (Å²) >= 11 is 0. The fourth-order valence-electron chi connectivity index (χ4n) is 2.79. The lowest BCUT2D eigenvalue weighted by molar-refractivity contribution is -0.216. The van der Waals surface area contributed by atoms with Gasteiger partial charge in [0, 0.05) is 0 Å². The highest BCUT2D eigenvalue weighted by Crippen LogP contribution is 2.38. The molecule has 2 aliphatic heterocycles. The molecule has 4 unspecified atom stereocenters. The smallest absolute Gasteiger partial charge is 0.190 e. The van der Waals surface area contributed by atoms with Gasteiger partial charge in [0.25, 0.3) is 0 Å². The van der Waals surface area contributed by atoms with Gasteiger partial charge in [0.15, 0.2) is 12.1 Å². The molecule has 0 radical (unpaired) electrons. The Morgan fingerprint density at radius 3 is 2.52 bits per heavy atom. The van der Waals surface area contributed by atoms with E-state index in [2.05, 4.69) is 0 Å². The lowest BCUT2D eigenvalue weighted by Crippen LogP contribution is -2.35. The lowest BCUT2D eigenvalue weighted by Gasteiger charge is -2.24. The summed E-state index contributed by atoms with van der Waals surface area (Å²) in [5, 5.41) is 0. The molecule has 0 bridgehead atoms. The minimum atomic E-state index is -0.614. The quantitative estimate of drug-likeness (QED) is 0.853. The van der Waals surface area contributed by atoms with Crippen LogP contribution in [0.2, 0.25) is 0 Å². The maximum Gasteiger partial charge on any atom is 0.190 e. The van der Waals surface area contributed by atoms with E-state index in [-0.39, 0.29) is 24.6 Å². The Hall–Kier alpha value is -1.14. The zero-order valence-corrected chi connectivity index (χ0v) is 12.9. The Bertz CT molecular complexity index is 484.